The van der Waals surface area contributed by atoms with Crippen LogP contribution < -0.4 is 4.90 Å². The van der Waals surface area contributed by atoms with Crippen LogP contribution in [0.1, 0.15) is 40.2 Å². The van der Waals surface area contributed by atoms with E-state index in [1.807, 2.05) is 6.20 Å². The Morgan fingerprint density at radius 3 is 2.22 bits per heavy atom. The number of morpholine rings is 1. The molecule has 2 rings (SSSR count). The lowest BCUT2D eigenvalue weighted by molar-refractivity contribution is -0.00546. The maximum absolute atomic E-state index is 5.75. The minimum Gasteiger partial charge on any atom is -0.372 e. The van der Waals surface area contributed by atoms with Gasteiger partial charge in [-0.05, 0) is 30.9 Å². The highest BCUT2D eigenvalue weighted by molar-refractivity contribution is 5.41. The lowest BCUT2D eigenvalue weighted by atomic mass is 9.88. The van der Waals surface area contributed by atoms with Crippen molar-refractivity contribution in [3.8, 4) is 0 Å². The zero-order valence-electron chi connectivity index (χ0n) is 12.1. The highest BCUT2D eigenvalue weighted by Gasteiger charge is 2.23. The monoisotopic (exact) mass is 248 g/mol. The molecule has 1 aromatic heterocycles. The third kappa shape index (κ3) is 3.02. The van der Waals surface area contributed by atoms with Crippen LogP contribution in [0.15, 0.2) is 18.3 Å². The molecule has 0 aromatic carbocycles. The number of hydrogen-bond donors (Lipinski definition) is 0. The molecule has 0 bridgehead atoms. The van der Waals surface area contributed by atoms with Crippen molar-refractivity contribution in [3.63, 3.8) is 0 Å². The second-order valence-corrected chi connectivity index (χ2v) is 6.32. The van der Waals surface area contributed by atoms with E-state index in [2.05, 4.69) is 56.6 Å². The van der Waals surface area contributed by atoms with E-state index in [1.165, 1.54) is 5.56 Å². The first-order chi connectivity index (χ1) is 8.36. The number of pyridine rings is 1. The van der Waals surface area contributed by atoms with E-state index >= 15 is 0 Å². The van der Waals surface area contributed by atoms with Gasteiger partial charge in [-0.1, -0.05) is 26.8 Å². The third-order valence-electron chi connectivity index (χ3n) is 3.36. The Kier molecular flexibility index (Phi) is 3.62. The Morgan fingerprint density at radius 1 is 1.17 bits per heavy atom. The molecule has 1 saturated heterocycles. The topological polar surface area (TPSA) is 25.4 Å². The second kappa shape index (κ2) is 4.88. The van der Waals surface area contributed by atoms with Gasteiger partial charge in [0.25, 0.3) is 0 Å². The van der Waals surface area contributed by atoms with Gasteiger partial charge in [-0.25, -0.2) is 4.98 Å². The minimum atomic E-state index is 0.164. The average molecular weight is 248 g/mol. The Bertz CT molecular complexity index is 384. The van der Waals surface area contributed by atoms with E-state index in [1.54, 1.807) is 0 Å². The van der Waals surface area contributed by atoms with Crippen LogP contribution in [-0.4, -0.2) is 30.3 Å². The zero-order chi connectivity index (χ0) is 13.3. The van der Waals surface area contributed by atoms with E-state index in [9.17, 15) is 0 Å². The number of aromatic nitrogens is 1. The summed E-state index contributed by atoms with van der Waals surface area (Å²) >= 11 is 0. The molecule has 100 valence electrons. The first-order valence-corrected chi connectivity index (χ1v) is 6.73. The first-order valence-electron chi connectivity index (χ1n) is 6.73. The van der Waals surface area contributed by atoms with Crippen LogP contribution in [0.2, 0.25) is 0 Å². The molecule has 1 aliphatic rings. The predicted molar refractivity (Wildman–Crippen MR) is 75.2 cm³/mol. The normalized spacial score (nSPS) is 25.3. The zero-order valence-corrected chi connectivity index (χ0v) is 12.1. The van der Waals surface area contributed by atoms with Crippen LogP contribution in [0.25, 0.3) is 0 Å². The fraction of sp³-hybridized carbons (Fsp3) is 0.667. The summed E-state index contributed by atoms with van der Waals surface area (Å²) in [5.74, 6) is 1.06. The van der Waals surface area contributed by atoms with E-state index in [4.69, 9.17) is 4.74 Å². The fourth-order valence-electron chi connectivity index (χ4n) is 2.38. The van der Waals surface area contributed by atoms with Crippen molar-refractivity contribution in [1.82, 2.24) is 4.98 Å². The number of rotatable bonds is 1. The summed E-state index contributed by atoms with van der Waals surface area (Å²) in [6.07, 6.45) is 2.55. The summed E-state index contributed by atoms with van der Waals surface area (Å²) in [4.78, 5) is 6.92. The van der Waals surface area contributed by atoms with Crippen molar-refractivity contribution in [2.24, 2.45) is 0 Å². The number of hydrogen-bond acceptors (Lipinski definition) is 3. The lowest BCUT2D eigenvalue weighted by Crippen LogP contribution is -2.45. The summed E-state index contributed by atoms with van der Waals surface area (Å²) in [5, 5.41) is 0. The Balaban J connectivity index is 2.14. The molecule has 0 radical (unpaired) electrons. The summed E-state index contributed by atoms with van der Waals surface area (Å²) in [7, 11) is 0. The van der Waals surface area contributed by atoms with Crippen LogP contribution in [0.3, 0.4) is 0 Å². The van der Waals surface area contributed by atoms with Crippen LogP contribution in [0.4, 0.5) is 5.82 Å². The quantitative estimate of drug-likeness (QED) is 0.764. The number of nitrogens with zero attached hydrogens (tertiary/aromatic N) is 2. The smallest absolute Gasteiger partial charge is 0.128 e. The molecule has 0 spiro atoms. The maximum Gasteiger partial charge on any atom is 0.128 e. The van der Waals surface area contributed by atoms with Gasteiger partial charge in [0.05, 0.1) is 12.2 Å². The molecular formula is C15H24N2O. The van der Waals surface area contributed by atoms with Crippen LogP contribution >= 0.6 is 0 Å². The fourth-order valence-corrected chi connectivity index (χ4v) is 2.38. The molecule has 3 heteroatoms. The van der Waals surface area contributed by atoms with Gasteiger partial charge in [0.15, 0.2) is 0 Å². The molecule has 1 aliphatic heterocycles. The average Bonchev–Trinajstić information content (AvgIpc) is 2.27. The van der Waals surface area contributed by atoms with Crippen molar-refractivity contribution in [1.29, 1.82) is 0 Å². The molecule has 2 heterocycles. The maximum atomic E-state index is 5.75. The van der Waals surface area contributed by atoms with Crippen LogP contribution in [0.5, 0.6) is 0 Å². The molecule has 0 unspecified atom stereocenters. The largest absolute Gasteiger partial charge is 0.372 e. The van der Waals surface area contributed by atoms with Crippen molar-refractivity contribution < 1.29 is 4.74 Å². The molecule has 18 heavy (non-hydrogen) atoms. The van der Waals surface area contributed by atoms with Crippen LogP contribution in [-0.2, 0) is 10.2 Å². The van der Waals surface area contributed by atoms with Gasteiger partial charge >= 0.3 is 0 Å². The minimum absolute atomic E-state index is 0.164. The van der Waals surface area contributed by atoms with E-state index < -0.39 is 0 Å². The number of ether oxygens (including phenoxy) is 1. The van der Waals surface area contributed by atoms with Gasteiger partial charge in [-0.3, -0.25) is 0 Å². The van der Waals surface area contributed by atoms with Gasteiger partial charge in [-0.2, -0.15) is 0 Å². The predicted octanol–water partition coefficient (Wildman–Crippen LogP) is 2.99. The highest BCUT2D eigenvalue weighted by Crippen LogP contribution is 2.24. The molecular weight excluding hydrogens is 224 g/mol. The van der Waals surface area contributed by atoms with Crippen LogP contribution in [0, 0.1) is 0 Å². The van der Waals surface area contributed by atoms with Crippen molar-refractivity contribution in [2.45, 2.75) is 52.2 Å². The first kappa shape index (κ1) is 13.3. The summed E-state index contributed by atoms with van der Waals surface area (Å²) in [5.41, 5.74) is 1.44. The molecule has 1 aromatic rings. The molecule has 2 atom stereocenters. The van der Waals surface area contributed by atoms with Gasteiger partial charge in [0.1, 0.15) is 5.82 Å². The number of anilines is 1. The van der Waals surface area contributed by atoms with Gasteiger partial charge < -0.3 is 9.64 Å². The molecule has 3 nitrogen and oxygen atoms in total. The van der Waals surface area contributed by atoms with E-state index in [0.29, 0.717) is 0 Å². The molecule has 0 N–H and O–H groups in total. The Morgan fingerprint density at radius 2 is 1.78 bits per heavy atom. The van der Waals surface area contributed by atoms with Crippen molar-refractivity contribution in [2.75, 3.05) is 18.0 Å². The van der Waals surface area contributed by atoms with Gasteiger partial charge in [0, 0.05) is 19.3 Å². The molecule has 0 amide bonds. The van der Waals surface area contributed by atoms with Crippen molar-refractivity contribution in [3.05, 3.63) is 23.9 Å². The Hall–Kier alpha value is -1.09. The summed E-state index contributed by atoms with van der Waals surface area (Å²) in [6, 6.07) is 4.32. The molecule has 0 saturated carbocycles. The standard InChI is InChI=1S/C15H24N2O/c1-11-9-17(10-12(2)18-11)14-7-6-13(8-16-14)15(3,4)5/h6-8,11-12H,9-10H2,1-5H3/t11-,12-/m1/s1. The SMILES string of the molecule is C[C@@H]1CN(c2ccc(C(C)(C)C)cn2)C[C@@H](C)O1. The van der Waals surface area contributed by atoms with E-state index in [0.717, 1.165) is 18.9 Å². The van der Waals surface area contributed by atoms with Gasteiger partial charge in [-0.15, -0.1) is 0 Å². The second-order valence-electron chi connectivity index (χ2n) is 6.32. The molecule has 0 aliphatic carbocycles. The van der Waals surface area contributed by atoms with Crippen molar-refractivity contribution >= 4 is 5.82 Å². The Labute approximate surface area is 110 Å². The third-order valence-corrected chi connectivity index (χ3v) is 3.36. The summed E-state index contributed by atoms with van der Waals surface area (Å²) < 4.78 is 5.75. The highest BCUT2D eigenvalue weighted by atomic mass is 16.5. The van der Waals surface area contributed by atoms with Gasteiger partial charge in [0.2, 0.25) is 0 Å². The summed E-state index contributed by atoms with van der Waals surface area (Å²) in [6.45, 7) is 12.7. The molecule has 1 fully saturated rings. The lowest BCUT2D eigenvalue weighted by Gasteiger charge is -2.36. The van der Waals surface area contributed by atoms with E-state index in [-0.39, 0.29) is 17.6 Å².